The topological polar surface area (TPSA) is 101 Å². The van der Waals surface area contributed by atoms with Crippen molar-refractivity contribution in [1.82, 2.24) is 9.88 Å². The molecule has 0 aliphatic carbocycles. The predicted molar refractivity (Wildman–Crippen MR) is 64.7 cm³/mol. The Morgan fingerprint density at radius 2 is 2.06 bits per heavy atom. The summed E-state index contributed by atoms with van der Waals surface area (Å²) in [5.74, 6) is -0.358. The Kier molecular flexibility index (Phi) is 4.53. The Balaban J connectivity index is 2.88. The van der Waals surface area contributed by atoms with Crippen molar-refractivity contribution in [3.63, 3.8) is 0 Å². The molecule has 6 heteroatoms. The van der Waals surface area contributed by atoms with Gasteiger partial charge in [-0.15, -0.1) is 0 Å². The summed E-state index contributed by atoms with van der Waals surface area (Å²) in [5.41, 5.74) is 6.58. The van der Waals surface area contributed by atoms with Crippen LogP contribution in [0.1, 0.15) is 30.4 Å². The number of aliphatic hydroxyl groups excluding tert-OH is 2. The molecule has 1 heterocycles. The van der Waals surface area contributed by atoms with E-state index >= 15 is 0 Å². The van der Waals surface area contributed by atoms with E-state index in [1.54, 1.807) is 16.8 Å². The summed E-state index contributed by atoms with van der Waals surface area (Å²) in [7, 11) is 0. The Hall–Kier alpha value is -1.53. The fraction of sp³-hybridized carbons (Fsp3) is 0.545. The number of carbonyl (C=O) groups is 1. The lowest BCUT2D eigenvalue weighted by Crippen LogP contribution is -2.40. The smallest absolute Gasteiger partial charge is 0.268 e. The van der Waals surface area contributed by atoms with Gasteiger partial charge < -0.3 is 25.8 Å². The molecule has 96 valence electrons. The monoisotopic (exact) mass is 241 g/mol. The number of anilines is 1. The maximum atomic E-state index is 11.9. The first-order chi connectivity index (χ1) is 7.99. The van der Waals surface area contributed by atoms with E-state index in [2.05, 4.69) is 5.32 Å². The number of rotatable bonds is 5. The van der Waals surface area contributed by atoms with Gasteiger partial charge >= 0.3 is 0 Å². The number of hydrogen-bond acceptors (Lipinski definition) is 4. The fourth-order valence-electron chi connectivity index (χ4n) is 1.52. The molecule has 0 saturated heterocycles. The second-order valence-corrected chi connectivity index (χ2v) is 4.20. The first kappa shape index (κ1) is 13.5. The highest BCUT2D eigenvalue weighted by Gasteiger charge is 2.17. The molecule has 0 bridgehead atoms. The number of hydrogen-bond donors (Lipinski definition) is 4. The summed E-state index contributed by atoms with van der Waals surface area (Å²) < 4.78 is 1.75. The minimum Gasteiger partial charge on any atom is -0.397 e. The molecule has 0 unspecified atom stereocenters. The van der Waals surface area contributed by atoms with E-state index in [4.69, 9.17) is 15.9 Å². The number of nitrogens with zero attached hydrogens (tertiary/aromatic N) is 1. The van der Waals surface area contributed by atoms with E-state index < -0.39 is 6.04 Å². The molecule has 0 radical (unpaired) electrons. The van der Waals surface area contributed by atoms with Crippen LogP contribution in [0.4, 0.5) is 5.69 Å². The second kappa shape index (κ2) is 5.70. The first-order valence-corrected chi connectivity index (χ1v) is 5.49. The first-order valence-electron chi connectivity index (χ1n) is 5.49. The van der Waals surface area contributed by atoms with Crippen LogP contribution in [-0.4, -0.2) is 39.9 Å². The lowest BCUT2D eigenvalue weighted by molar-refractivity contribution is 0.0868. The second-order valence-electron chi connectivity index (χ2n) is 4.20. The molecule has 0 fully saturated rings. The molecule has 6 nitrogen and oxygen atoms in total. The molecule has 1 aromatic heterocycles. The van der Waals surface area contributed by atoms with Gasteiger partial charge in [0.2, 0.25) is 0 Å². The maximum Gasteiger partial charge on any atom is 0.268 e. The van der Waals surface area contributed by atoms with Crippen molar-refractivity contribution in [3.8, 4) is 0 Å². The summed E-state index contributed by atoms with van der Waals surface area (Å²) in [5, 5.41) is 20.3. The number of aliphatic hydroxyl groups is 2. The normalized spacial score (nSPS) is 11.2. The third kappa shape index (κ3) is 3.21. The third-order valence-corrected chi connectivity index (χ3v) is 2.43. The molecular formula is C11H19N3O3. The van der Waals surface area contributed by atoms with E-state index in [-0.39, 0.29) is 25.2 Å². The molecule has 0 saturated carbocycles. The standard InChI is InChI=1S/C11H19N3O3/c1-7(2)14-4-8(12)3-10(14)11(17)13-9(5-15)6-16/h3-4,7,9,15-16H,5-6,12H2,1-2H3,(H,13,17). The zero-order chi connectivity index (χ0) is 13.0. The SMILES string of the molecule is CC(C)n1cc(N)cc1C(=O)NC(CO)CO. The molecule has 1 rings (SSSR count). The number of nitrogen functional groups attached to an aromatic ring is 1. The fourth-order valence-corrected chi connectivity index (χ4v) is 1.52. The quantitative estimate of drug-likeness (QED) is 0.570. The summed E-state index contributed by atoms with van der Waals surface area (Å²) in [6, 6.07) is 1.02. The highest BCUT2D eigenvalue weighted by molar-refractivity contribution is 5.94. The Morgan fingerprint density at radius 1 is 1.47 bits per heavy atom. The molecule has 0 aromatic carbocycles. The van der Waals surface area contributed by atoms with Crippen LogP contribution >= 0.6 is 0 Å². The molecule has 0 aliphatic rings. The molecule has 0 atom stereocenters. The van der Waals surface area contributed by atoms with Crippen LogP contribution < -0.4 is 11.1 Å². The molecule has 17 heavy (non-hydrogen) atoms. The van der Waals surface area contributed by atoms with Gasteiger partial charge in [0.25, 0.3) is 5.91 Å². The van der Waals surface area contributed by atoms with Crippen molar-refractivity contribution in [1.29, 1.82) is 0 Å². The molecule has 0 spiro atoms. The van der Waals surface area contributed by atoms with Crippen molar-refractivity contribution in [3.05, 3.63) is 18.0 Å². The lowest BCUT2D eigenvalue weighted by Gasteiger charge is -2.16. The van der Waals surface area contributed by atoms with Crippen molar-refractivity contribution < 1.29 is 15.0 Å². The van der Waals surface area contributed by atoms with Gasteiger partial charge in [-0.25, -0.2) is 0 Å². The van der Waals surface area contributed by atoms with Crippen LogP contribution in [0.15, 0.2) is 12.3 Å². The van der Waals surface area contributed by atoms with Gasteiger partial charge in [0.1, 0.15) is 5.69 Å². The zero-order valence-corrected chi connectivity index (χ0v) is 10.1. The Labute approximate surface area is 100 Å². The van der Waals surface area contributed by atoms with E-state index in [1.807, 2.05) is 13.8 Å². The van der Waals surface area contributed by atoms with Gasteiger partial charge in [-0.3, -0.25) is 4.79 Å². The number of nitrogens with one attached hydrogen (secondary N) is 1. The Morgan fingerprint density at radius 3 is 2.53 bits per heavy atom. The van der Waals surface area contributed by atoms with Gasteiger partial charge in [0.05, 0.1) is 24.9 Å². The minimum absolute atomic E-state index is 0.106. The van der Waals surface area contributed by atoms with Gasteiger partial charge in [-0.05, 0) is 19.9 Å². The van der Waals surface area contributed by atoms with E-state index in [1.165, 1.54) is 0 Å². The van der Waals surface area contributed by atoms with Crippen molar-refractivity contribution >= 4 is 11.6 Å². The van der Waals surface area contributed by atoms with Crippen molar-refractivity contribution in [2.45, 2.75) is 25.9 Å². The van der Waals surface area contributed by atoms with Crippen LogP contribution in [0, 0.1) is 0 Å². The number of aromatic nitrogens is 1. The minimum atomic E-state index is -0.653. The van der Waals surface area contributed by atoms with E-state index in [0.29, 0.717) is 11.4 Å². The number of amides is 1. The van der Waals surface area contributed by atoms with Crippen LogP contribution in [-0.2, 0) is 0 Å². The van der Waals surface area contributed by atoms with Gasteiger partial charge in [0, 0.05) is 12.2 Å². The molecule has 5 N–H and O–H groups in total. The summed E-state index contributed by atoms with van der Waals surface area (Å²) >= 11 is 0. The van der Waals surface area contributed by atoms with E-state index in [0.717, 1.165) is 0 Å². The third-order valence-electron chi connectivity index (χ3n) is 2.43. The Bertz CT molecular complexity index is 383. The highest BCUT2D eigenvalue weighted by Crippen LogP contribution is 2.16. The predicted octanol–water partition coefficient (Wildman–Crippen LogP) is -0.266. The summed E-state index contributed by atoms with van der Waals surface area (Å²) in [6.45, 7) is 3.26. The number of carbonyl (C=O) groups excluding carboxylic acids is 1. The average molecular weight is 241 g/mol. The summed E-state index contributed by atoms with van der Waals surface area (Å²) in [6.07, 6.45) is 1.69. The van der Waals surface area contributed by atoms with Crippen LogP contribution in [0.5, 0.6) is 0 Å². The maximum absolute atomic E-state index is 11.9. The highest BCUT2D eigenvalue weighted by atomic mass is 16.3. The zero-order valence-electron chi connectivity index (χ0n) is 10.1. The van der Waals surface area contributed by atoms with Crippen LogP contribution in [0.3, 0.4) is 0 Å². The largest absolute Gasteiger partial charge is 0.397 e. The molecule has 0 aliphatic heterocycles. The van der Waals surface area contributed by atoms with Crippen molar-refractivity contribution in [2.24, 2.45) is 0 Å². The average Bonchev–Trinajstić information content (AvgIpc) is 2.68. The van der Waals surface area contributed by atoms with Gasteiger partial charge in [-0.2, -0.15) is 0 Å². The van der Waals surface area contributed by atoms with Gasteiger partial charge in [0.15, 0.2) is 0 Å². The molecular weight excluding hydrogens is 222 g/mol. The van der Waals surface area contributed by atoms with E-state index in [9.17, 15) is 4.79 Å². The molecule has 1 aromatic rings. The van der Waals surface area contributed by atoms with Crippen LogP contribution in [0.25, 0.3) is 0 Å². The van der Waals surface area contributed by atoms with Gasteiger partial charge in [-0.1, -0.05) is 0 Å². The summed E-state index contributed by atoms with van der Waals surface area (Å²) in [4.78, 5) is 11.9. The van der Waals surface area contributed by atoms with Crippen molar-refractivity contribution in [2.75, 3.05) is 18.9 Å². The molecule has 1 amide bonds. The van der Waals surface area contributed by atoms with Crippen LogP contribution in [0.2, 0.25) is 0 Å². The lowest BCUT2D eigenvalue weighted by atomic mass is 10.3. The number of nitrogens with two attached hydrogens (primary N) is 1.